The molecule has 1 N–H and O–H groups in total. The molecule has 28 heavy (non-hydrogen) atoms. The monoisotopic (exact) mass is 404 g/mol. The van der Waals surface area contributed by atoms with Crippen molar-refractivity contribution in [3.8, 4) is 0 Å². The molecule has 1 aliphatic heterocycles. The van der Waals surface area contributed by atoms with Crippen LogP contribution < -0.4 is 5.32 Å². The number of halogens is 1. The molecule has 1 heterocycles. The van der Waals surface area contributed by atoms with Gasteiger partial charge in [-0.25, -0.2) is 12.8 Å². The van der Waals surface area contributed by atoms with Crippen LogP contribution in [-0.4, -0.2) is 49.2 Å². The van der Waals surface area contributed by atoms with Crippen LogP contribution in [0.15, 0.2) is 42.5 Å². The van der Waals surface area contributed by atoms with Crippen molar-refractivity contribution in [3.05, 3.63) is 65.0 Å². The van der Waals surface area contributed by atoms with Crippen LogP contribution in [0.3, 0.4) is 0 Å². The van der Waals surface area contributed by atoms with E-state index in [1.54, 1.807) is 32.0 Å². The van der Waals surface area contributed by atoms with Gasteiger partial charge in [0.05, 0.1) is 16.6 Å². The minimum Gasteiger partial charge on any atom is -0.336 e. The van der Waals surface area contributed by atoms with Crippen LogP contribution in [0.1, 0.15) is 33.2 Å². The standard InChI is InChI=1S/C20H21FN2O4S/c1-13-7-8-15(20(25)23-9-10-28(26,27)14(2)12-23)11-18(13)22-19(24)16-5-3-4-6-17(16)21/h3-8,11,14H,9-10,12H2,1-2H3,(H,22,24). The first kappa shape index (κ1) is 20.0. The Labute approximate surface area is 163 Å². The first-order valence-electron chi connectivity index (χ1n) is 8.86. The lowest BCUT2D eigenvalue weighted by molar-refractivity contribution is 0.0760. The average Bonchev–Trinajstić information content (AvgIpc) is 2.65. The minimum atomic E-state index is -3.16. The zero-order valence-corrected chi connectivity index (χ0v) is 16.4. The van der Waals surface area contributed by atoms with Gasteiger partial charge < -0.3 is 10.2 Å². The Morgan fingerprint density at radius 2 is 1.89 bits per heavy atom. The van der Waals surface area contributed by atoms with Crippen molar-refractivity contribution in [1.82, 2.24) is 4.90 Å². The van der Waals surface area contributed by atoms with E-state index >= 15 is 0 Å². The third-order valence-electron chi connectivity index (χ3n) is 4.87. The molecule has 0 aliphatic carbocycles. The Morgan fingerprint density at radius 1 is 1.18 bits per heavy atom. The number of benzene rings is 2. The molecule has 1 aliphatic rings. The molecule has 1 saturated heterocycles. The summed E-state index contributed by atoms with van der Waals surface area (Å²) in [4.78, 5) is 26.7. The zero-order valence-electron chi connectivity index (χ0n) is 15.6. The summed E-state index contributed by atoms with van der Waals surface area (Å²) >= 11 is 0. The molecule has 148 valence electrons. The number of hydrogen-bond acceptors (Lipinski definition) is 4. The maximum atomic E-state index is 13.8. The molecule has 1 unspecified atom stereocenters. The minimum absolute atomic E-state index is 0.0668. The molecule has 0 aromatic heterocycles. The smallest absolute Gasteiger partial charge is 0.258 e. The first-order valence-corrected chi connectivity index (χ1v) is 10.6. The molecule has 0 bridgehead atoms. The van der Waals surface area contributed by atoms with E-state index < -0.39 is 26.8 Å². The van der Waals surface area contributed by atoms with E-state index in [1.165, 1.54) is 29.2 Å². The summed E-state index contributed by atoms with van der Waals surface area (Å²) in [5.74, 6) is -1.61. The highest BCUT2D eigenvalue weighted by Crippen LogP contribution is 2.21. The number of rotatable bonds is 3. The summed E-state index contributed by atoms with van der Waals surface area (Å²) in [5.41, 5.74) is 1.36. The van der Waals surface area contributed by atoms with E-state index in [-0.39, 0.29) is 30.3 Å². The van der Waals surface area contributed by atoms with Gasteiger partial charge in [-0.3, -0.25) is 9.59 Å². The van der Waals surface area contributed by atoms with Gasteiger partial charge in [0.25, 0.3) is 11.8 Å². The summed E-state index contributed by atoms with van der Waals surface area (Å²) in [6.07, 6.45) is 0. The second-order valence-electron chi connectivity index (χ2n) is 6.89. The van der Waals surface area contributed by atoms with E-state index in [0.29, 0.717) is 11.3 Å². The number of nitrogens with one attached hydrogen (secondary N) is 1. The fourth-order valence-corrected chi connectivity index (χ4v) is 4.33. The quantitative estimate of drug-likeness (QED) is 0.853. The lowest BCUT2D eigenvalue weighted by atomic mass is 10.1. The van der Waals surface area contributed by atoms with Crippen LogP contribution in [0.4, 0.5) is 10.1 Å². The molecule has 2 amide bonds. The first-order chi connectivity index (χ1) is 13.2. The Bertz CT molecular complexity index is 1040. The number of hydrogen-bond donors (Lipinski definition) is 1. The molecule has 1 fully saturated rings. The molecule has 6 nitrogen and oxygen atoms in total. The predicted octanol–water partition coefficient (Wildman–Crippen LogP) is 2.65. The van der Waals surface area contributed by atoms with Crippen LogP contribution in [0.5, 0.6) is 0 Å². The second kappa shape index (κ2) is 7.71. The Balaban J connectivity index is 1.81. The summed E-state index contributed by atoms with van der Waals surface area (Å²) in [6.45, 7) is 3.62. The van der Waals surface area contributed by atoms with Gasteiger partial charge in [0.2, 0.25) is 0 Å². The van der Waals surface area contributed by atoms with Gasteiger partial charge in [-0.05, 0) is 43.7 Å². The molecular weight excluding hydrogens is 383 g/mol. The van der Waals surface area contributed by atoms with Gasteiger partial charge >= 0.3 is 0 Å². The lowest BCUT2D eigenvalue weighted by Gasteiger charge is -2.31. The fourth-order valence-electron chi connectivity index (χ4n) is 3.05. The van der Waals surface area contributed by atoms with Crippen LogP contribution in [0, 0.1) is 12.7 Å². The number of sulfone groups is 1. The van der Waals surface area contributed by atoms with Gasteiger partial charge in [0, 0.05) is 24.3 Å². The van der Waals surface area contributed by atoms with Crippen molar-refractivity contribution in [2.45, 2.75) is 19.1 Å². The Kier molecular flexibility index (Phi) is 5.51. The summed E-state index contributed by atoms with van der Waals surface area (Å²) < 4.78 is 37.5. The maximum Gasteiger partial charge on any atom is 0.258 e. The third-order valence-corrected chi connectivity index (χ3v) is 7.00. The fraction of sp³-hybridized carbons (Fsp3) is 0.300. The van der Waals surface area contributed by atoms with Gasteiger partial charge in [-0.1, -0.05) is 18.2 Å². The predicted molar refractivity (Wildman–Crippen MR) is 105 cm³/mol. The van der Waals surface area contributed by atoms with E-state index in [2.05, 4.69) is 5.32 Å². The third kappa shape index (κ3) is 4.06. The topological polar surface area (TPSA) is 83.6 Å². The Hall–Kier alpha value is -2.74. The van der Waals surface area contributed by atoms with Crippen LogP contribution >= 0.6 is 0 Å². The molecule has 8 heteroatoms. The number of aryl methyl sites for hydroxylation is 1. The zero-order chi connectivity index (χ0) is 20.5. The summed E-state index contributed by atoms with van der Waals surface area (Å²) in [7, 11) is -3.16. The van der Waals surface area contributed by atoms with Crippen LogP contribution in [-0.2, 0) is 9.84 Å². The molecule has 0 saturated carbocycles. The molecule has 1 atom stereocenters. The van der Waals surface area contributed by atoms with E-state index in [1.807, 2.05) is 0 Å². The lowest BCUT2D eigenvalue weighted by Crippen LogP contribution is -2.48. The van der Waals surface area contributed by atoms with Crippen molar-refractivity contribution in [1.29, 1.82) is 0 Å². The van der Waals surface area contributed by atoms with Gasteiger partial charge in [-0.15, -0.1) is 0 Å². The van der Waals surface area contributed by atoms with Crippen molar-refractivity contribution >= 4 is 27.3 Å². The summed E-state index contributed by atoms with van der Waals surface area (Å²) in [6, 6.07) is 10.5. The number of nitrogens with zero attached hydrogens (tertiary/aromatic N) is 1. The highest BCUT2D eigenvalue weighted by molar-refractivity contribution is 7.92. The molecule has 2 aromatic rings. The normalized spacial score (nSPS) is 18.5. The average molecular weight is 404 g/mol. The highest BCUT2D eigenvalue weighted by atomic mass is 32.2. The van der Waals surface area contributed by atoms with Crippen LogP contribution in [0.25, 0.3) is 0 Å². The number of carbonyl (C=O) groups is 2. The molecule has 0 radical (unpaired) electrons. The number of amides is 2. The second-order valence-corrected chi connectivity index (χ2v) is 9.43. The number of carbonyl (C=O) groups excluding carboxylic acids is 2. The largest absolute Gasteiger partial charge is 0.336 e. The summed E-state index contributed by atoms with van der Waals surface area (Å²) in [5, 5.41) is 2.03. The SMILES string of the molecule is Cc1ccc(C(=O)N2CCS(=O)(=O)C(C)C2)cc1NC(=O)c1ccccc1F. The van der Waals surface area contributed by atoms with E-state index in [9.17, 15) is 22.4 Å². The van der Waals surface area contributed by atoms with E-state index in [0.717, 1.165) is 5.56 Å². The van der Waals surface area contributed by atoms with Crippen molar-refractivity contribution in [3.63, 3.8) is 0 Å². The van der Waals surface area contributed by atoms with Crippen molar-refractivity contribution in [2.24, 2.45) is 0 Å². The van der Waals surface area contributed by atoms with Gasteiger partial charge in [-0.2, -0.15) is 0 Å². The molecule has 2 aromatic carbocycles. The molecular formula is C20H21FN2O4S. The molecule has 3 rings (SSSR count). The Morgan fingerprint density at radius 3 is 2.57 bits per heavy atom. The van der Waals surface area contributed by atoms with Gasteiger partial charge in [0.15, 0.2) is 9.84 Å². The van der Waals surface area contributed by atoms with E-state index in [4.69, 9.17) is 0 Å². The number of anilines is 1. The van der Waals surface area contributed by atoms with Crippen molar-refractivity contribution < 1.29 is 22.4 Å². The van der Waals surface area contributed by atoms with Crippen LogP contribution in [0.2, 0.25) is 0 Å². The van der Waals surface area contributed by atoms with Crippen molar-refractivity contribution in [2.75, 3.05) is 24.2 Å². The molecule has 0 spiro atoms. The maximum absolute atomic E-state index is 13.8. The highest BCUT2D eigenvalue weighted by Gasteiger charge is 2.32. The van der Waals surface area contributed by atoms with Gasteiger partial charge in [0.1, 0.15) is 5.82 Å².